The third-order valence-corrected chi connectivity index (χ3v) is 7.78. The molecule has 190 valence electrons. The summed E-state index contributed by atoms with van der Waals surface area (Å²) in [6, 6.07) is 6.74. The van der Waals surface area contributed by atoms with Gasteiger partial charge in [-0.05, 0) is 31.4 Å². The second kappa shape index (κ2) is 11.4. The maximum absolute atomic E-state index is 12.5. The van der Waals surface area contributed by atoms with Gasteiger partial charge < -0.3 is 15.5 Å². The highest BCUT2D eigenvalue weighted by atomic mass is 32.2. The van der Waals surface area contributed by atoms with E-state index >= 15 is 0 Å². The molecule has 4 N–H and O–H groups in total. The van der Waals surface area contributed by atoms with E-state index in [0.29, 0.717) is 5.95 Å². The first-order valence-corrected chi connectivity index (χ1v) is 13.8. The molecule has 0 amide bonds. The van der Waals surface area contributed by atoms with E-state index in [1.54, 1.807) is 18.3 Å². The Hall–Kier alpha value is -2.60. The standard InChI is InChI=1S/C24H34N6O4S/c1-2-3-13-25-24-26-15-21-22(29-30(23(21)28-24)18-7-5-4-6-8-18)17-9-11-20(12-10-17)35(33,34)27-14-19(32)16-31/h9-12,15,18-19,27,31-32H,2-8,13-14,16H2,1H3,(H,25,26,28)/t19-/m0/s1. The van der Waals surface area contributed by atoms with Crippen LogP contribution in [-0.4, -0.2) is 64.2 Å². The van der Waals surface area contributed by atoms with Gasteiger partial charge in [0.2, 0.25) is 16.0 Å². The Kier molecular flexibility index (Phi) is 8.32. The highest BCUT2D eigenvalue weighted by molar-refractivity contribution is 7.89. The monoisotopic (exact) mass is 502 g/mol. The predicted octanol–water partition coefficient (Wildman–Crippen LogP) is 2.84. The molecule has 1 aliphatic carbocycles. The number of rotatable bonds is 11. The van der Waals surface area contributed by atoms with Crippen molar-refractivity contribution in [1.82, 2.24) is 24.5 Å². The Labute approximate surface area is 205 Å². The molecule has 1 fully saturated rings. The third-order valence-electron chi connectivity index (χ3n) is 6.34. The van der Waals surface area contributed by atoms with Crippen molar-refractivity contribution in [2.24, 2.45) is 0 Å². The minimum absolute atomic E-state index is 0.0704. The molecule has 0 bridgehead atoms. The molecule has 1 aromatic carbocycles. The molecule has 4 rings (SSSR count). The van der Waals surface area contributed by atoms with Crippen molar-refractivity contribution in [1.29, 1.82) is 0 Å². The zero-order valence-corrected chi connectivity index (χ0v) is 20.8. The molecule has 1 aliphatic rings. The van der Waals surface area contributed by atoms with Gasteiger partial charge in [0.25, 0.3) is 0 Å². The highest BCUT2D eigenvalue weighted by Crippen LogP contribution is 2.34. The van der Waals surface area contributed by atoms with Crippen molar-refractivity contribution in [3.05, 3.63) is 30.5 Å². The lowest BCUT2D eigenvalue weighted by molar-refractivity contribution is 0.0988. The van der Waals surface area contributed by atoms with Gasteiger partial charge in [0.05, 0.1) is 29.0 Å². The van der Waals surface area contributed by atoms with Crippen LogP contribution < -0.4 is 10.0 Å². The van der Waals surface area contributed by atoms with Crippen LogP contribution >= 0.6 is 0 Å². The van der Waals surface area contributed by atoms with Gasteiger partial charge in [-0.3, -0.25) is 0 Å². The topological polar surface area (TPSA) is 142 Å². The number of anilines is 1. The summed E-state index contributed by atoms with van der Waals surface area (Å²) in [6.45, 7) is 2.17. The molecular weight excluding hydrogens is 468 g/mol. The summed E-state index contributed by atoms with van der Waals surface area (Å²) in [4.78, 5) is 9.38. The summed E-state index contributed by atoms with van der Waals surface area (Å²) in [5.41, 5.74) is 2.28. The van der Waals surface area contributed by atoms with Crippen LogP contribution in [-0.2, 0) is 10.0 Å². The lowest BCUT2D eigenvalue weighted by Gasteiger charge is -2.22. The Morgan fingerprint density at radius 3 is 2.60 bits per heavy atom. The molecule has 0 saturated heterocycles. The minimum atomic E-state index is -3.82. The van der Waals surface area contributed by atoms with Crippen LogP contribution in [0, 0.1) is 0 Å². The average Bonchev–Trinajstić information content (AvgIpc) is 3.27. The zero-order valence-electron chi connectivity index (χ0n) is 20.0. The van der Waals surface area contributed by atoms with Gasteiger partial charge in [-0.1, -0.05) is 44.7 Å². The maximum atomic E-state index is 12.5. The molecule has 0 radical (unpaired) electrons. The van der Waals surface area contributed by atoms with Crippen molar-refractivity contribution in [3.8, 4) is 11.3 Å². The first-order valence-electron chi connectivity index (χ1n) is 12.3. The number of hydrogen-bond donors (Lipinski definition) is 4. The van der Waals surface area contributed by atoms with Gasteiger partial charge in [-0.25, -0.2) is 22.8 Å². The molecule has 35 heavy (non-hydrogen) atoms. The van der Waals surface area contributed by atoms with Gasteiger partial charge in [0.15, 0.2) is 5.65 Å². The van der Waals surface area contributed by atoms with Gasteiger partial charge >= 0.3 is 0 Å². The van der Waals surface area contributed by atoms with Gasteiger partial charge in [0, 0.05) is 24.8 Å². The second-order valence-electron chi connectivity index (χ2n) is 9.01. The molecule has 3 aromatic rings. The maximum Gasteiger partial charge on any atom is 0.240 e. The van der Waals surface area contributed by atoms with E-state index in [4.69, 9.17) is 15.2 Å². The fraction of sp³-hybridized carbons (Fsp3) is 0.542. The fourth-order valence-electron chi connectivity index (χ4n) is 4.32. The van der Waals surface area contributed by atoms with E-state index in [-0.39, 0.29) is 17.5 Å². The van der Waals surface area contributed by atoms with Crippen LogP contribution in [0.15, 0.2) is 35.4 Å². The third kappa shape index (κ3) is 5.97. The van der Waals surface area contributed by atoms with E-state index < -0.39 is 22.7 Å². The number of nitrogens with one attached hydrogen (secondary N) is 2. The molecule has 0 spiro atoms. The summed E-state index contributed by atoms with van der Waals surface area (Å²) in [5.74, 6) is 0.590. The first kappa shape index (κ1) is 25.5. The average molecular weight is 503 g/mol. The van der Waals surface area contributed by atoms with E-state index in [1.165, 1.54) is 31.4 Å². The van der Waals surface area contributed by atoms with Crippen molar-refractivity contribution < 1.29 is 18.6 Å². The number of aromatic nitrogens is 4. The Bertz CT molecular complexity index is 1220. The lowest BCUT2D eigenvalue weighted by atomic mass is 9.96. The van der Waals surface area contributed by atoms with Crippen LogP contribution in [0.2, 0.25) is 0 Å². The number of benzene rings is 1. The van der Waals surface area contributed by atoms with Crippen molar-refractivity contribution in [2.75, 3.05) is 25.0 Å². The summed E-state index contributed by atoms with van der Waals surface area (Å²) in [7, 11) is -3.82. The van der Waals surface area contributed by atoms with Crippen LogP contribution in [0.5, 0.6) is 0 Å². The predicted molar refractivity (Wildman–Crippen MR) is 135 cm³/mol. The smallest absolute Gasteiger partial charge is 0.240 e. The van der Waals surface area contributed by atoms with Crippen LogP contribution in [0.1, 0.15) is 57.9 Å². The van der Waals surface area contributed by atoms with Gasteiger partial charge in [-0.2, -0.15) is 10.1 Å². The number of sulfonamides is 1. The number of aliphatic hydroxyl groups excluding tert-OH is 2. The molecule has 1 saturated carbocycles. The quantitative estimate of drug-likeness (QED) is 0.293. The summed E-state index contributed by atoms with van der Waals surface area (Å²) in [5, 5.41) is 27.4. The SMILES string of the molecule is CCCCNc1ncc2c(-c3ccc(S(=O)(=O)NC[C@H](O)CO)cc3)nn(C3CCCCC3)c2n1. The Balaban J connectivity index is 1.66. The highest BCUT2D eigenvalue weighted by Gasteiger charge is 2.23. The van der Waals surface area contributed by atoms with Crippen LogP contribution in [0.25, 0.3) is 22.3 Å². The Morgan fingerprint density at radius 1 is 1.17 bits per heavy atom. The first-order chi connectivity index (χ1) is 16.9. The van der Waals surface area contributed by atoms with Crippen molar-refractivity contribution >= 4 is 27.0 Å². The van der Waals surface area contributed by atoms with E-state index in [9.17, 15) is 13.5 Å². The molecule has 1 atom stereocenters. The van der Waals surface area contributed by atoms with Gasteiger partial charge in [-0.15, -0.1) is 0 Å². The zero-order chi connectivity index (χ0) is 24.8. The number of aliphatic hydroxyl groups is 2. The van der Waals surface area contributed by atoms with E-state index in [0.717, 1.165) is 54.5 Å². The second-order valence-corrected chi connectivity index (χ2v) is 10.8. The van der Waals surface area contributed by atoms with E-state index in [1.807, 2.05) is 4.68 Å². The molecule has 2 aromatic heterocycles. The molecule has 10 nitrogen and oxygen atoms in total. The van der Waals surface area contributed by atoms with Crippen molar-refractivity contribution in [2.45, 2.75) is 68.9 Å². The molecule has 11 heteroatoms. The summed E-state index contributed by atoms with van der Waals surface area (Å²) in [6.07, 6.45) is 8.45. The normalized spacial score (nSPS) is 16.0. The minimum Gasteiger partial charge on any atom is -0.394 e. The largest absolute Gasteiger partial charge is 0.394 e. The van der Waals surface area contributed by atoms with Crippen LogP contribution in [0.3, 0.4) is 0 Å². The summed E-state index contributed by atoms with van der Waals surface area (Å²) >= 11 is 0. The number of unbranched alkanes of at least 4 members (excludes halogenated alkanes) is 1. The summed E-state index contributed by atoms with van der Waals surface area (Å²) < 4.78 is 29.4. The number of hydrogen-bond acceptors (Lipinski definition) is 8. The Morgan fingerprint density at radius 2 is 1.91 bits per heavy atom. The fourth-order valence-corrected chi connectivity index (χ4v) is 5.40. The van der Waals surface area contributed by atoms with Crippen molar-refractivity contribution in [3.63, 3.8) is 0 Å². The lowest BCUT2D eigenvalue weighted by Crippen LogP contribution is -2.33. The molecular formula is C24H34N6O4S. The number of fused-ring (bicyclic) bond motifs is 1. The molecule has 0 aliphatic heterocycles. The molecule has 0 unspecified atom stereocenters. The number of nitrogens with zero attached hydrogens (tertiary/aromatic N) is 4. The van der Waals surface area contributed by atoms with E-state index in [2.05, 4.69) is 21.9 Å². The van der Waals surface area contributed by atoms with Crippen LogP contribution in [0.4, 0.5) is 5.95 Å². The van der Waals surface area contributed by atoms with Gasteiger partial charge in [0.1, 0.15) is 5.69 Å². The molecule has 2 heterocycles.